The van der Waals surface area contributed by atoms with Crippen molar-refractivity contribution in [2.75, 3.05) is 0 Å². The van der Waals surface area contributed by atoms with Crippen molar-refractivity contribution in [1.82, 2.24) is 19.7 Å². The average Bonchev–Trinajstić information content (AvgIpc) is 2.84. The summed E-state index contributed by atoms with van der Waals surface area (Å²) in [6.45, 7) is -0.665. The van der Waals surface area contributed by atoms with Crippen LogP contribution in [0.2, 0.25) is 0 Å². The van der Waals surface area contributed by atoms with Crippen LogP contribution in [0.15, 0.2) is 47.7 Å². The summed E-state index contributed by atoms with van der Waals surface area (Å²) in [7, 11) is -2.10. The predicted octanol–water partition coefficient (Wildman–Crippen LogP) is 3.24. The molecule has 3 aromatic rings. The van der Waals surface area contributed by atoms with Gasteiger partial charge in [0, 0.05) is 24.2 Å². The number of halogens is 6. The van der Waals surface area contributed by atoms with Crippen LogP contribution in [0.25, 0.3) is 0 Å². The summed E-state index contributed by atoms with van der Waals surface area (Å²) >= 11 is 0. The van der Waals surface area contributed by atoms with Gasteiger partial charge in [-0.05, 0) is 67.3 Å². The molecule has 0 atom stereocenters. The van der Waals surface area contributed by atoms with E-state index in [1.165, 1.54) is 12.3 Å². The quantitative estimate of drug-likeness (QED) is 0.391. The van der Waals surface area contributed by atoms with E-state index in [1.807, 2.05) is 0 Å². The summed E-state index contributed by atoms with van der Waals surface area (Å²) < 4.78 is 81.2. The highest BCUT2D eigenvalue weighted by molar-refractivity contribution is 6.57. The van der Waals surface area contributed by atoms with Gasteiger partial charge in [-0.15, -0.1) is 0 Å². The first-order valence-electron chi connectivity index (χ1n) is 11.4. The third-order valence-electron chi connectivity index (χ3n) is 6.54. The number of hydrogen-bond donors (Lipinski definition) is 2. The Labute approximate surface area is 207 Å². The minimum absolute atomic E-state index is 0.0712. The van der Waals surface area contributed by atoms with E-state index in [1.54, 1.807) is 0 Å². The second-order valence-electron chi connectivity index (χ2n) is 8.87. The smallest absolute Gasteiger partial charge is 0.422 e. The van der Waals surface area contributed by atoms with Crippen LogP contribution in [0.4, 0.5) is 26.3 Å². The molecule has 14 heteroatoms. The third-order valence-corrected chi connectivity index (χ3v) is 6.54. The second-order valence-corrected chi connectivity index (χ2v) is 8.87. The van der Waals surface area contributed by atoms with Crippen LogP contribution in [0.5, 0.6) is 0 Å². The van der Waals surface area contributed by atoms with E-state index >= 15 is 0 Å². The Bertz CT molecular complexity index is 1320. The van der Waals surface area contributed by atoms with Crippen LogP contribution < -0.4 is 11.2 Å². The first-order valence-corrected chi connectivity index (χ1v) is 11.4. The van der Waals surface area contributed by atoms with E-state index in [9.17, 15) is 41.2 Å². The Morgan fingerprint density at radius 3 is 2.14 bits per heavy atom. The summed E-state index contributed by atoms with van der Waals surface area (Å²) in [4.78, 5) is 20.8. The van der Waals surface area contributed by atoms with Crippen LogP contribution in [0.3, 0.4) is 0 Å². The van der Waals surface area contributed by atoms with Crippen molar-refractivity contribution in [3.63, 3.8) is 0 Å². The van der Waals surface area contributed by atoms with E-state index < -0.39 is 60.2 Å². The van der Waals surface area contributed by atoms with Crippen molar-refractivity contribution in [1.29, 1.82) is 0 Å². The zero-order chi connectivity index (χ0) is 27.0. The molecule has 0 unspecified atom stereocenters. The molecule has 7 nitrogen and oxygen atoms in total. The molecule has 0 spiro atoms. The van der Waals surface area contributed by atoms with Crippen molar-refractivity contribution >= 4 is 12.7 Å². The summed E-state index contributed by atoms with van der Waals surface area (Å²) in [5, 5.41) is 23.2. The summed E-state index contributed by atoms with van der Waals surface area (Å²) in [6, 6.07) is 4.02. The van der Waals surface area contributed by atoms with Gasteiger partial charge < -0.3 is 10.0 Å². The average molecular weight is 526 g/mol. The molecule has 4 rings (SSSR count). The fraction of sp³-hybridized carbons (Fsp3) is 0.391. The zero-order valence-corrected chi connectivity index (χ0v) is 19.2. The number of aromatic nitrogens is 4. The molecule has 37 heavy (non-hydrogen) atoms. The first-order chi connectivity index (χ1) is 17.4. The largest absolute Gasteiger partial charge is 0.510 e. The normalized spacial score (nSPS) is 18.6. The number of hydrogen-bond acceptors (Lipinski definition) is 6. The highest BCUT2D eigenvalue weighted by Gasteiger charge is 2.37. The molecule has 0 aliphatic heterocycles. The van der Waals surface area contributed by atoms with Gasteiger partial charge in [0.15, 0.2) is 0 Å². The molecular weight excluding hydrogens is 505 g/mol. The molecular formula is C23H21BF6N4O3. The van der Waals surface area contributed by atoms with E-state index in [0.717, 1.165) is 30.6 Å². The Morgan fingerprint density at radius 2 is 1.54 bits per heavy atom. The van der Waals surface area contributed by atoms with Crippen LogP contribution >= 0.6 is 0 Å². The van der Waals surface area contributed by atoms with Crippen LogP contribution in [0.1, 0.15) is 65.5 Å². The lowest BCUT2D eigenvalue weighted by Crippen LogP contribution is -2.42. The second kappa shape index (κ2) is 10.2. The van der Waals surface area contributed by atoms with Gasteiger partial charge in [-0.2, -0.15) is 31.4 Å². The summed E-state index contributed by atoms with van der Waals surface area (Å²) in [6.07, 6.45) is -4.67. The van der Waals surface area contributed by atoms with Gasteiger partial charge in [-0.3, -0.25) is 14.8 Å². The highest BCUT2D eigenvalue weighted by Crippen LogP contribution is 2.43. The SMILES string of the molecule is O=c1c(C2CCC(c3cnccc3C(F)(F)F)CC2)cc(B(O)O)nn1Cc1ncccc1C(F)(F)F. The topological polar surface area (TPSA) is 101 Å². The van der Waals surface area contributed by atoms with Gasteiger partial charge in [0.2, 0.25) is 0 Å². The maximum atomic E-state index is 13.4. The molecule has 2 N–H and O–H groups in total. The summed E-state index contributed by atoms with van der Waals surface area (Å²) in [5.41, 5.74) is -3.20. The minimum Gasteiger partial charge on any atom is -0.422 e. The first kappa shape index (κ1) is 26.8. The molecule has 196 valence electrons. The highest BCUT2D eigenvalue weighted by atomic mass is 19.4. The van der Waals surface area contributed by atoms with Crippen molar-refractivity contribution in [3.8, 4) is 0 Å². The fourth-order valence-electron chi connectivity index (χ4n) is 4.78. The maximum Gasteiger partial charge on any atom is 0.510 e. The maximum absolute atomic E-state index is 13.4. The number of alkyl halides is 6. The predicted molar refractivity (Wildman–Crippen MR) is 120 cm³/mol. The molecule has 3 heterocycles. The van der Waals surface area contributed by atoms with Gasteiger partial charge in [0.05, 0.1) is 29.0 Å². The van der Waals surface area contributed by atoms with E-state index in [2.05, 4.69) is 15.1 Å². The van der Waals surface area contributed by atoms with E-state index in [0.29, 0.717) is 30.4 Å². The minimum atomic E-state index is -4.73. The van der Waals surface area contributed by atoms with Gasteiger partial charge in [0.1, 0.15) is 0 Å². The van der Waals surface area contributed by atoms with E-state index in [-0.39, 0.29) is 16.7 Å². The van der Waals surface area contributed by atoms with Crippen molar-refractivity contribution in [2.24, 2.45) is 0 Å². The molecule has 3 aromatic heterocycles. The monoisotopic (exact) mass is 526 g/mol. The van der Waals surface area contributed by atoms with Crippen LogP contribution in [-0.2, 0) is 18.9 Å². The van der Waals surface area contributed by atoms with Gasteiger partial charge in [-0.1, -0.05) is 0 Å². The summed E-state index contributed by atoms with van der Waals surface area (Å²) in [5.74, 6) is -0.913. The molecule has 0 saturated heterocycles. The lowest BCUT2D eigenvalue weighted by molar-refractivity contribution is -0.139. The third kappa shape index (κ3) is 5.85. The molecule has 0 aromatic carbocycles. The lowest BCUT2D eigenvalue weighted by Gasteiger charge is -2.30. The van der Waals surface area contributed by atoms with Gasteiger partial charge >= 0.3 is 19.5 Å². The van der Waals surface area contributed by atoms with Crippen LogP contribution in [-0.4, -0.2) is 36.9 Å². The number of nitrogens with zero attached hydrogens (tertiary/aromatic N) is 4. The standard InChI is InChI=1S/C23H21BF6N4O3/c25-22(26,27)17-7-9-31-11-16(17)14-5-3-13(4-6-14)15-10-20(24(36)37)33-34(21(15)35)12-19-18(23(28,29)30)2-1-8-32-19/h1-2,7-11,13-14,36-37H,3-6,12H2. The molecule has 1 aliphatic rings. The molecule has 1 saturated carbocycles. The molecule has 1 aliphatic carbocycles. The Kier molecular flexibility index (Phi) is 7.42. The molecule has 1 fully saturated rings. The Balaban J connectivity index is 1.63. The Morgan fingerprint density at radius 1 is 0.919 bits per heavy atom. The van der Waals surface area contributed by atoms with Gasteiger partial charge in [0.25, 0.3) is 5.56 Å². The fourth-order valence-corrected chi connectivity index (χ4v) is 4.78. The van der Waals surface area contributed by atoms with E-state index in [4.69, 9.17) is 0 Å². The van der Waals surface area contributed by atoms with Crippen molar-refractivity contribution < 1.29 is 36.4 Å². The van der Waals surface area contributed by atoms with Crippen LogP contribution in [0, 0.1) is 0 Å². The Hall–Kier alpha value is -3.26. The number of rotatable bonds is 5. The molecule has 0 radical (unpaired) electrons. The van der Waals surface area contributed by atoms with Crippen molar-refractivity contribution in [2.45, 2.75) is 56.4 Å². The molecule has 0 bridgehead atoms. The van der Waals surface area contributed by atoms with Gasteiger partial charge in [-0.25, -0.2) is 4.68 Å². The van der Waals surface area contributed by atoms with Crippen molar-refractivity contribution in [3.05, 3.63) is 81.2 Å². The number of pyridine rings is 2. The molecule has 0 amide bonds. The lowest BCUT2D eigenvalue weighted by atomic mass is 9.75. The zero-order valence-electron chi connectivity index (χ0n) is 19.2.